The van der Waals surface area contributed by atoms with Crippen molar-refractivity contribution < 1.29 is 18.0 Å². The van der Waals surface area contributed by atoms with E-state index in [-0.39, 0.29) is 23.1 Å². The van der Waals surface area contributed by atoms with E-state index in [9.17, 15) is 18.0 Å². The van der Waals surface area contributed by atoms with Gasteiger partial charge in [-0.2, -0.15) is 0 Å². The number of hydrogen-bond donors (Lipinski definition) is 2. The van der Waals surface area contributed by atoms with Crippen LogP contribution in [0.25, 0.3) is 10.8 Å². The molecular formula is C25H20N2O4S. The van der Waals surface area contributed by atoms with Crippen molar-refractivity contribution in [3.63, 3.8) is 0 Å². The maximum atomic E-state index is 12.7. The summed E-state index contributed by atoms with van der Waals surface area (Å²) in [5.74, 6) is -0.614. The summed E-state index contributed by atoms with van der Waals surface area (Å²) in [5.41, 5.74) is 1.42. The highest BCUT2D eigenvalue weighted by Crippen LogP contribution is 2.20. The maximum absolute atomic E-state index is 12.7. The van der Waals surface area contributed by atoms with Gasteiger partial charge in [0.05, 0.1) is 11.4 Å². The fourth-order valence-electron chi connectivity index (χ4n) is 3.31. The summed E-state index contributed by atoms with van der Waals surface area (Å²) in [7, 11) is -3.87. The lowest BCUT2D eigenvalue weighted by Gasteiger charge is -2.10. The number of Topliss-reactive ketones (excluding diaryl/α,β-unsaturated/α-hetero) is 1. The first-order valence-electron chi connectivity index (χ1n) is 9.91. The molecule has 0 atom stereocenters. The first-order valence-corrected chi connectivity index (χ1v) is 11.4. The van der Waals surface area contributed by atoms with E-state index in [0.29, 0.717) is 16.8 Å². The Morgan fingerprint density at radius 2 is 1.38 bits per heavy atom. The molecule has 0 aliphatic rings. The number of sulfonamides is 1. The Labute approximate surface area is 186 Å². The normalized spacial score (nSPS) is 11.2. The molecule has 4 aromatic carbocycles. The van der Waals surface area contributed by atoms with E-state index in [2.05, 4.69) is 10.0 Å². The molecule has 0 aromatic heterocycles. The van der Waals surface area contributed by atoms with E-state index in [1.165, 1.54) is 24.3 Å². The van der Waals surface area contributed by atoms with E-state index >= 15 is 0 Å². The first-order chi connectivity index (χ1) is 15.4. The summed E-state index contributed by atoms with van der Waals surface area (Å²) in [6.07, 6.45) is 0. The lowest BCUT2D eigenvalue weighted by molar-refractivity contribution is 0.0995. The molecular weight excluding hydrogens is 424 g/mol. The zero-order chi connectivity index (χ0) is 22.6. The van der Waals surface area contributed by atoms with Crippen LogP contribution in [0.15, 0.2) is 102 Å². The van der Waals surface area contributed by atoms with Gasteiger partial charge < -0.3 is 5.32 Å². The van der Waals surface area contributed by atoms with E-state index in [4.69, 9.17) is 0 Å². The van der Waals surface area contributed by atoms with Gasteiger partial charge in [-0.25, -0.2) is 13.1 Å². The Morgan fingerprint density at radius 3 is 2.12 bits per heavy atom. The van der Waals surface area contributed by atoms with E-state index in [0.717, 1.165) is 10.8 Å². The molecule has 4 rings (SSSR count). The minimum atomic E-state index is -3.87. The Hall–Kier alpha value is -3.81. The molecule has 0 aliphatic carbocycles. The lowest BCUT2D eigenvalue weighted by Crippen LogP contribution is -2.29. The number of nitrogens with one attached hydrogen (secondary N) is 2. The summed E-state index contributed by atoms with van der Waals surface area (Å²) in [6, 6.07) is 27.3. The fraction of sp³-hybridized carbons (Fsp3) is 0.0400. The highest BCUT2D eigenvalue weighted by Gasteiger charge is 2.17. The third-order valence-corrected chi connectivity index (χ3v) is 6.39. The van der Waals surface area contributed by atoms with Crippen molar-refractivity contribution in [1.82, 2.24) is 4.72 Å². The molecule has 2 N–H and O–H groups in total. The summed E-state index contributed by atoms with van der Waals surface area (Å²) in [5, 5.41) is 4.58. The number of carbonyl (C=O) groups excluding carboxylic acids is 2. The Kier molecular flexibility index (Phi) is 6.11. The van der Waals surface area contributed by atoms with Crippen LogP contribution < -0.4 is 10.0 Å². The van der Waals surface area contributed by atoms with Gasteiger partial charge >= 0.3 is 0 Å². The predicted molar refractivity (Wildman–Crippen MR) is 124 cm³/mol. The monoisotopic (exact) mass is 444 g/mol. The Balaban J connectivity index is 1.44. The zero-order valence-electron chi connectivity index (χ0n) is 17.0. The minimum absolute atomic E-state index is 0.00141. The van der Waals surface area contributed by atoms with Gasteiger partial charge in [-0.05, 0) is 41.1 Å². The average molecular weight is 445 g/mol. The molecule has 160 valence electrons. The lowest BCUT2D eigenvalue weighted by atomic mass is 10.0. The van der Waals surface area contributed by atoms with Gasteiger partial charge in [-0.3, -0.25) is 9.59 Å². The molecule has 0 saturated heterocycles. The van der Waals surface area contributed by atoms with Crippen LogP contribution in [0.2, 0.25) is 0 Å². The third-order valence-electron chi connectivity index (χ3n) is 4.98. The molecule has 0 bridgehead atoms. The summed E-state index contributed by atoms with van der Waals surface area (Å²) < 4.78 is 27.4. The zero-order valence-corrected chi connectivity index (χ0v) is 17.8. The molecule has 32 heavy (non-hydrogen) atoms. The predicted octanol–water partition coefficient (Wildman–Crippen LogP) is 4.25. The summed E-state index contributed by atoms with van der Waals surface area (Å²) in [4.78, 5) is 24.9. The van der Waals surface area contributed by atoms with Gasteiger partial charge in [0.25, 0.3) is 5.91 Å². The number of fused-ring (bicyclic) bond motifs is 1. The van der Waals surface area contributed by atoms with Crippen molar-refractivity contribution in [3.05, 3.63) is 108 Å². The summed E-state index contributed by atoms with van der Waals surface area (Å²) in [6.45, 7) is -0.341. The second kappa shape index (κ2) is 9.13. The van der Waals surface area contributed by atoms with Gasteiger partial charge in [-0.1, -0.05) is 66.7 Å². The van der Waals surface area contributed by atoms with Gasteiger partial charge in [0.2, 0.25) is 10.0 Å². The molecule has 0 radical (unpaired) electrons. The maximum Gasteiger partial charge on any atom is 0.256 e. The number of hydrogen-bond acceptors (Lipinski definition) is 4. The van der Waals surface area contributed by atoms with Crippen LogP contribution >= 0.6 is 0 Å². The van der Waals surface area contributed by atoms with E-state index < -0.39 is 10.0 Å². The van der Waals surface area contributed by atoms with Crippen LogP contribution in [-0.4, -0.2) is 26.7 Å². The van der Waals surface area contributed by atoms with Crippen LogP contribution in [-0.2, 0) is 10.0 Å². The van der Waals surface area contributed by atoms with Crippen molar-refractivity contribution >= 4 is 38.2 Å². The molecule has 0 spiro atoms. The van der Waals surface area contributed by atoms with E-state index in [1.54, 1.807) is 36.4 Å². The molecule has 1 amide bonds. The van der Waals surface area contributed by atoms with Gasteiger partial charge in [-0.15, -0.1) is 0 Å². The molecule has 0 fully saturated rings. The van der Waals surface area contributed by atoms with Crippen LogP contribution in [0.5, 0.6) is 0 Å². The Bertz CT molecular complexity index is 1380. The van der Waals surface area contributed by atoms with Gasteiger partial charge in [0.15, 0.2) is 5.78 Å². The topological polar surface area (TPSA) is 92.3 Å². The molecule has 4 aromatic rings. The van der Waals surface area contributed by atoms with Crippen LogP contribution in [0, 0.1) is 0 Å². The molecule has 0 saturated carbocycles. The fourth-order valence-corrected chi connectivity index (χ4v) is 4.29. The standard InChI is InChI=1S/C25H20N2O4S/c28-24(19-8-2-1-3-9-19)17-26-32(30,31)21-15-13-20(14-16-21)27-25(29)23-12-6-10-18-7-4-5-11-22(18)23/h1-16,26H,17H2,(H,27,29). The molecule has 0 heterocycles. The molecule has 0 unspecified atom stereocenters. The van der Waals surface area contributed by atoms with Crippen LogP contribution in [0.1, 0.15) is 20.7 Å². The summed E-state index contributed by atoms with van der Waals surface area (Å²) >= 11 is 0. The largest absolute Gasteiger partial charge is 0.322 e. The number of ketones is 1. The van der Waals surface area contributed by atoms with Crippen molar-refractivity contribution in [2.45, 2.75) is 4.90 Å². The number of benzene rings is 4. The molecule has 7 heteroatoms. The van der Waals surface area contributed by atoms with Gasteiger partial charge in [0.1, 0.15) is 0 Å². The van der Waals surface area contributed by atoms with Crippen molar-refractivity contribution in [2.75, 3.05) is 11.9 Å². The highest BCUT2D eigenvalue weighted by atomic mass is 32.2. The van der Waals surface area contributed by atoms with Gasteiger partial charge in [0, 0.05) is 16.8 Å². The van der Waals surface area contributed by atoms with Crippen LogP contribution in [0.4, 0.5) is 5.69 Å². The SMILES string of the molecule is O=C(CNS(=O)(=O)c1ccc(NC(=O)c2cccc3ccccc23)cc1)c1ccccc1. The molecule has 6 nitrogen and oxygen atoms in total. The van der Waals surface area contributed by atoms with Crippen molar-refractivity contribution in [3.8, 4) is 0 Å². The van der Waals surface area contributed by atoms with Crippen LogP contribution in [0.3, 0.4) is 0 Å². The highest BCUT2D eigenvalue weighted by molar-refractivity contribution is 7.89. The van der Waals surface area contributed by atoms with E-state index in [1.807, 2.05) is 36.4 Å². The third kappa shape index (κ3) is 4.74. The minimum Gasteiger partial charge on any atom is -0.322 e. The first kappa shape index (κ1) is 21.4. The number of anilines is 1. The second-order valence-corrected chi connectivity index (χ2v) is 8.89. The molecule has 0 aliphatic heterocycles. The quantitative estimate of drug-likeness (QED) is 0.417. The van der Waals surface area contributed by atoms with Crippen molar-refractivity contribution in [1.29, 1.82) is 0 Å². The number of rotatable bonds is 7. The van der Waals surface area contributed by atoms with Crippen molar-refractivity contribution in [2.24, 2.45) is 0 Å². The smallest absolute Gasteiger partial charge is 0.256 e. The second-order valence-electron chi connectivity index (χ2n) is 7.12. The Morgan fingerprint density at radius 1 is 0.719 bits per heavy atom. The average Bonchev–Trinajstić information content (AvgIpc) is 2.83. The number of amides is 1. The number of carbonyl (C=O) groups is 2.